The van der Waals surface area contributed by atoms with E-state index in [2.05, 4.69) is 67.7 Å². The summed E-state index contributed by atoms with van der Waals surface area (Å²) in [5.41, 5.74) is 3.73. The first kappa shape index (κ1) is 22.3. The summed E-state index contributed by atoms with van der Waals surface area (Å²) in [7, 11) is 4.34. The normalized spacial score (nSPS) is 13.3. The summed E-state index contributed by atoms with van der Waals surface area (Å²) in [4.78, 5) is 0. The van der Waals surface area contributed by atoms with Gasteiger partial charge in [-0.15, -0.1) is 0 Å². The summed E-state index contributed by atoms with van der Waals surface area (Å²) in [5, 5.41) is 4.64. The zero-order valence-electron chi connectivity index (χ0n) is 18.4. The molecule has 0 fully saturated rings. The fourth-order valence-corrected chi connectivity index (χ4v) is 5.17. The standard InChI is InChI=1S/C26H32NO2P/c1-5-26(2,30-25-14-10-9-13-21(25)18-27-3)23-17-22(28-4)15-16-24(23)29-19-20-11-7-6-8-12-20/h6-17,27,30H,5,18-19H2,1-4H3. The Kier molecular flexibility index (Phi) is 7.90. The van der Waals surface area contributed by atoms with Crippen LogP contribution in [0.3, 0.4) is 0 Å². The van der Waals surface area contributed by atoms with Crippen LogP contribution in [0.15, 0.2) is 72.8 Å². The molecule has 0 aliphatic rings. The number of methoxy groups -OCH3 is 1. The fourth-order valence-electron chi connectivity index (χ4n) is 3.56. The third kappa shape index (κ3) is 5.41. The Morgan fingerprint density at radius 3 is 2.40 bits per heavy atom. The predicted molar refractivity (Wildman–Crippen MR) is 129 cm³/mol. The van der Waals surface area contributed by atoms with E-state index < -0.39 is 0 Å². The van der Waals surface area contributed by atoms with Crippen LogP contribution in [0.5, 0.6) is 11.5 Å². The van der Waals surface area contributed by atoms with Crippen molar-refractivity contribution >= 4 is 13.9 Å². The van der Waals surface area contributed by atoms with Gasteiger partial charge in [0.2, 0.25) is 0 Å². The average molecular weight is 422 g/mol. The molecule has 0 saturated carbocycles. The number of hydrogen-bond acceptors (Lipinski definition) is 3. The maximum absolute atomic E-state index is 6.32. The molecule has 3 rings (SSSR count). The molecule has 0 aliphatic heterocycles. The lowest BCUT2D eigenvalue weighted by atomic mass is 9.96. The Morgan fingerprint density at radius 2 is 1.70 bits per heavy atom. The molecular weight excluding hydrogens is 389 g/mol. The minimum absolute atomic E-state index is 0.0512. The molecule has 0 spiro atoms. The highest BCUT2D eigenvalue weighted by molar-refractivity contribution is 7.48. The molecule has 3 aromatic rings. The highest BCUT2D eigenvalue weighted by Gasteiger charge is 2.30. The molecule has 2 unspecified atom stereocenters. The van der Waals surface area contributed by atoms with Gasteiger partial charge in [-0.3, -0.25) is 0 Å². The van der Waals surface area contributed by atoms with Gasteiger partial charge in [-0.25, -0.2) is 0 Å². The second-order valence-corrected chi connectivity index (χ2v) is 9.53. The monoisotopic (exact) mass is 421 g/mol. The van der Waals surface area contributed by atoms with Crippen LogP contribution in [-0.2, 0) is 18.3 Å². The third-order valence-electron chi connectivity index (χ3n) is 5.52. The molecule has 0 aliphatic carbocycles. The number of rotatable bonds is 10. The van der Waals surface area contributed by atoms with Crippen molar-refractivity contribution in [3.63, 3.8) is 0 Å². The second kappa shape index (κ2) is 10.6. The van der Waals surface area contributed by atoms with Gasteiger partial charge in [0.1, 0.15) is 18.1 Å². The fraction of sp³-hybridized carbons (Fsp3) is 0.308. The predicted octanol–water partition coefficient (Wildman–Crippen LogP) is 5.62. The van der Waals surface area contributed by atoms with E-state index in [1.54, 1.807) is 7.11 Å². The lowest BCUT2D eigenvalue weighted by Gasteiger charge is -2.32. The van der Waals surface area contributed by atoms with Crippen molar-refractivity contribution in [1.82, 2.24) is 5.32 Å². The van der Waals surface area contributed by atoms with Gasteiger partial charge in [0.25, 0.3) is 0 Å². The van der Waals surface area contributed by atoms with Crippen LogP contribution in [0.1, 0.15) is 37.0 Å². The largest absolute Gasteiger partial charge is 0.497 e. The Hall–Kier alpha value is -2.35. The van der Waals surface area contributed by atoms with E-state index in [0.29, 0.717) is 15.2 Å². The van der Waals surface area contributed by atoms with Crippen molar-refractivity contribution in [2.45, 2.75) is 38.6 Å². The summed E-state index contributed by atoms with van der Waals surface area (Å²) < 4.78 is 11.9. The van der Waals surface area contributed by atoms with E-state index in [1.165, 1.54) is 22.0 Å². The quantitative estimate of drug-likeness (QED) is 0.431. The molecular formula is C26H32NO2P. The number of ether oxygens (including phenoxy) is 2. The lowest BCUT2D eigenvalue weighted by molar-refractivity contribution is 0.299. The second-order valence-electron chi connectivity index (χ2n) is 7.63. The summed E-state index contributed by atoms with van der Waals surface area (Å²) in [6.07, 6.45) is 1.01. The van der Waals surface area contributed by atoms with E-state index in [9.17, 15) is 0 Å². The van der Waals surface area contributed by atoms with Gasteiger partial charge >= 0.3 is 0 Å². The van der Waals surface area contributed by atoms with E-state index in [1.807, 2.05) is 31.3 Å². The Bertz CT molecular complexity index is 945. The molecule has 0 amide bonds. The van der Waals surface area contributed by atoms with E-state index in [-0.39, 0.29) is 5.16 Å². The third-order valence-corrected chi connectivity index (χ3v) is 7.45. The zero-order chi connectivity index (χ0) is 21.4. The van der Waals surface area contributed by atoms with E-state index >= 15 is 0 Å². The topological polar surface area (TPSA) is 30.5 Å². The molecule has 0 aromatic heterocycles. The Labute approximate surface area is 182 Å². The van der Waals surface area contributed by atoms with Crippen LogP contribution in [0.25, 0.3) is 0 Å². The number of hydrogen-bond donors (Lipinski definition) is 1. The summed E-state index contributed by atoms with van der Waals surface area (Å²) in [6, 6.07) is 25.2. The first-order valence-electron chi connectivity index (χ1n) is 10.5. The Morgan fingerprint density at radius 1 is 0.967 bits per heavy atom. The molecule has 4 heteroatoms. The van der Waals surface area contributed by atoms with Gasteiger partial charge in [0.05, 0.1) is 7.11 Å². The van der Waals surface area contributed by atoms with Gasteiger partial charge in [0, 0.05) is 17.3 Å². The smallest absolute Gasteiger partial charge is 0.124 e. The van der Waals surface area contributed by atoms with Crippen molar-refractivity contribution < 1.29 is 9.47 Å². The van der Waals surface area contributed by atoms with Crippen LogP contribution >= 0.6 is 8.58 Å². The molecule has 3 aromatic carbocycles. The Balaban J connectivity index is 1.95. The minimum atomic E-state index is -0.0512. The lowest BCUT2D eigenvalue weighted by Crippen LogP contribution is -2.22. The first-order valence-corrected chi connectivity index (χ1v) is 11.5. The SMILES string of the molecule is CCC(C)(Pc1ccccc1CNC)c1cc(OC)ccc1OCc1ccccc1. The van der Waals surface area contributed by atoms with Gasteiger partial charge < -0.3 is 14.8 Å². The molecule has 30 heavy (non-hydrogen) atoms. The average Bonchev–Trinajstić information content (AvgIpc) is 2.79. The maximum Gasteiger partial charge on any atom is 0.124 e. The van der Waals surface area contributed by atoms with Gasteiger partial charge in [0.15, 0.2) is 0 Å². The van der Waals surface area contributed by atoms with Crippen molar-refractivity contribution in [3.8, 4) is 11.5 Å². The summed E-state index contributed by atoms with van der Waals surface area (Å²) in [6.45, 7) is 6.03. The highest BCUT2D eigenvalue weighted by Crippen LogP contribution is 2.48. The number of nitrogens with one attached hydrogen (secondary N) is 1. The van der Waals surface area contributed by atoms with Crippen LogP contribution in [-0.4, -0.2) is 14.2 Å². The highest BCUT2D eigenvalue weighted by atomic mass is 31.1. The van der Waals surface area contributed by atoms with Crippen LogP contribution in [0.2, 0.25) is 0 Å². The van der Waals surface area contributed by atoms with Crippen molar-refractivity contribution in [2.24, 2.45) is 0 Å². The molecule has 0 bridgehead atoms. The van der Waals surface area contributed by atoms with E-state index in [4.69, 9.17) is 9.47 Å². The first-order chi connectivity index (χ1) is 14.6. The van der Waals surface area contributed by atoms with Crippen molar-refractivity contribution in [3.05, 3.63) is 89.5 Å². The number of benzene rings is 3. The van der Waals surface area contributed by atoms with Crippen LogP contribution in [0, 0.1) is 0 Å². The minimum Gasteiger partial charge on any atom is -0.497 e. The molecule has 158 valence electrons. The molecule has 0 saturated heterocycles. The van der Waals surface area contributed by atoms with E-state index in [0.717, 1.165) is 24.5 Å². The van der Waals surface area contributed by atoms with Crippen LogP contribution < -0.4 is 20.1 Å². The van der Waals surface area contributed by atoms with Crippen LogP contribution in [0.4, 0.5) is 0 Å². The molecule has 1 N–H and O–H groups in total. The van der Waals surface area contributed by atoms with Crippen molar-refractivity contribution in [2.75, 3.05) is 14.2 Å². The maximum atomic E-state index is 6.32. The summed E-state index contributed by atoms with van der Waals surface area (Å²) >= 11 is 0. The molecule has 2 atom stereocenters. The summed E-state index contributed by atoms with van der Waals surface area (Å²) in [5.74, 6) is 1.80. The zero-order valence-corrected chi connectivity index (χ0v) is 19.4. The molecule has 3 nitrogen and oxygen atoms in total. The van der Waals surface area contributed by atoms with Gasteiger partial charge in [-0.05, 0) is 48.1 Å². The van der Waals surface area contributed by atoms with Gasteiger partial charge in [-0.1, -0.05) is 77.0 Å². The van der Waals surface area contributed by atoms with Crippen molar-refractivity contribution in [1.29, 1.82) is 0 Å². The van der Waals surface area contributed by atoms with Gasteiger partial charge in [-0.2, -0.15) is 0 Å². The molecule has 0 radical (unpaired) electrons. The molecule has 0 heterocycles.